The maximum Gasteiger partial charge on any atom is 0.233 e. The zero-order valence-electron chi connectivity index (χ0n) is 11.7. The van der Waals surface area contributed by atoms with E-state index in [9.17, 15) is 13.2 Å². The molecule has 0 aliphatic carbocycles. The predicted octanol–water partition coefficient (Wildman–Crippen LogP) is 2.37. The van der Waals surface area contributed by atoms with Crippen LogP contribution in [-0.4, -0.2) is 37.1 Å². The highest BCUT2D eigenvalue weighted by Crippen LogP contribution is 2.21. The van der Waals surface area contributed by atoms with Gasteiger partial charge in [0.2, 0.25) is 5.91 Å². The summed E-state index contributed by atoms with van der Waals surface area (Å²) in [4.78, 5) is 12.1. The summed E-state index contributed by atoms with van der Waals surface area (Å²) in [5.74, 6) is 0.910. The molecule has 1 aromatic carbocycles. The minimum atomic E-state index is -2.95. The molecule has 1 aromatic rings. The average Bonchev–Trinajstić information content (AvgIpc) is 2.75. The summed E-state index contributed by atoms with van der Waals surface area (Å²) in [6.45, 7) is 1.85. The number of benzene rings is 1. The second-order valence-corrected chi connectivity index (χ2v) is 9.67. The van der Waals surface area contributed by atoms with Crippen LogP contribution in [0.2, 0.25) is 0 Å². The molecule has 21 heavy (non-hydrogen) atoms. The minimum Gasteiger partial charge on any atom is -0.351 e. The normalized spacial score (nSPS) is 21.9. The summed E-state index contributed by atoms with van der Waals surface area (Å²) >= 11 is 4.97. The fourth-order valence-electron chi connectivity index (χ4n) is 2.15. The lowest BCUT2D eigenvalue weighted by Gasteiger charge is -2.15. The van der Waals surface area contributed by atoms with Gasteiger partial charge in [0.25, 0.3) is 0 Å². The Hall–Kier alpha value is -0.530. The molecule has 1 amide bonds. The first-order chi connectivity index (χ1) is 9.85. The van der Waals surface area contributed by atoms with Crippen molar-refractivity contribution in [2.45, 2.75) is 30.4 Å². The molecule has 116 valence electrons. The molecular formula is C14H18BrNO3S2. The van der Waals surface area contributed by atoms with Gasteiger partial charge in [0.15, 0.2) is 9.84 Å². The van der Waals surface area contributed by atoms with Crippen molar-refractivity contribution in [1.82, 2.24) is 5.32 Å². The van der Waals surface area contributed by atoms with Gasteiger partial charge >= 0.3 is 0 Å². The number of sulfone groups is 1. The van der Waals surface area contributed by atoms with E-state index in [0.717, 1.165) is 15.8 Å². The number of thioether (sulfide) groups is 1. The van der Waals surface area contributed by atoms with Crippen LogP contribution in [0, 0.1) is 0 Å². The Morgan fingerprint density at radius 3 is 2.90 bits per heavy atom. The van der Waals surface area contributed by atoms with Crippen LogP contribution in [0.1, 0.15) is 18.9 Å². The quantitative estimate of drug-likeness (QED) is 0.836. The van der Waals surface area contributed by atoms with Gasteiger partial charge in [-0.05, 0) is 31.0 Å². The first-order valence-corrected chi connectivity index (χ1v) is 10.4. The lowest BCUT2D eigenvalue weighted by atomic mass is 10.2. The van der Waals surface area contributed by atoms with E-state index >= 15 is 0 Å². The summed E-state index contributed by atoms with van der Waals surface area (Å²) in [5.41, 5.74) is 1.15. The Bertz CT molecular complexity index is 618. The Morgan fingerprint density at radius 2 is 2.29 bits per heavy atom. The van der Waals surface area contributed by atoms with Crippen LogP contribution < -0.4 is 5.32 Å². The second kappa shape index (κ2) is 7.15. The molecule has 0 bridgehead atoms. The smallest absolute Gasteiger partial charge is 0.233 e. The van der Waals surface area contributed by atoms with Gasteiger partial charge in [0.05, 0.1) is 16.8 Å². The van der Waals surface area contributed by atoms with E-state index in [1.165, 1.54) is 0 Å². The number of nitrogens with one attached hydrogen (secondary N) is 1. The minimum absolute atomic E-state index is 0.0712. The number of amides is 1. The number of rotatable bonds is 5. The van der Waals surface area contributed by atoms with Crippen molar-refractivity contribution in [2.75, 3.05) is 11.5 Å². The van der Waals surface area contributed by atoms with Crippen LogP contribution in [0.25, 0.3) is 0 Å². The van der Waals surface area contributed by atoms with E-state index in [0.29, 0.717) is 6.42 Å². The number of carbonyl (C=O) groups is 1. The zero-order chi connectivity index (χ0) is 15.5. The molecule has 0 unspecified atom stereocenters. The van der Waals surface area contributed by atoms with Crippen LogP contribution in [-0.2, 0) is 20.4 Å². The molecule has 0 saturated carbocycles. The van der Waals surface area contributed by atoms with Gasteiger partial charge in [0.1, 0.15) is 0 Å². The molecule has 1 saturated heterocycles. The Morgan fingerprint density at radius 1 is 1.52 bits per heavy atom. The van der Waals surface area contributed by atoms with Crippen molar-refractivity contribution >= 4 is 43.4 Å². The highest BCUT2D eigenvalue weighted by molar-refractivity contribution is 9.10. The van der Waals surface area contributed by atoms with Gasteiger partial charge in [-0.1, -0.05) is 28.1 Å². The number of hydrogen-bond donors (Lipinski definition) is 1. The van der Waals surface area contributed by atoms with Crippen LogP contribution >= 0.6 is 27.7 Å². The Labute approximate surface area is 138 Å². The molecule has 1 aliphatic rings. The SMILES string of the molecule is C[C@H](SCc1cccc(Br)c1)C(=O)N[C@H]1CCS(=O)(=O)C1. The molecule has 2 rings (SSSR count). The molecule has 1 fully saturated rings. The van der Waals surface area contributed by atoms with Crippen LogP contribution in [0.5, 0.6) is 0 Å². The third-order valence-electron chi connectivity index (χ3n) is 3.34. The van der Waals surface area contributed by atoms with Gasteiger partial charge in [0, 0.05) is 16.3 Å². The summed E-state index contributed by atoms with van der Waals surface area (Å²) in [6.07, 6.45) is 0.525. The lowest BCUT2D eigenvalue weighted by molar-refractivity contribution is -0.120. The fraction of sp³-hybridized carbons (Fsp3) is 0.500. The lowest BCUT2D eigenvalue weighted by Crippen LogP contribution is -2.40. The molecule has 0 radical (unpaired) electrons. The molecular weight excluding hydrogens is 374 g/mol. The highest BCUT2D eigenvalue weighted by Gasteiger charge is 2.29. The molecule has 0 spiro atoms. The molecule has 1 heterocycles. The van der Waals surface area contributed by atoms with E-state index in [-0.39, 0.29) is 28.7 Å². The maximum atomic E-state index is 12.1. The van der Waals surface area contributed by atoms with Crippen molar-refractivity contribution in [3.05, 3.63) is 34.3 Å². The van der Waals surface area contributed by atoms with Gasteiger partial charge in [-0.2, -0.15) is 0 Å². The zero-order valence-corrected chi connectivity index (χ0v) is 14.9. The molecule has 7 heteroatoms. The van der Waals surface area contributed by atoms with Crippen LogP contribution in [0.3, 0.4) is 0 Å². The summed E-state index contributed by atoms with van der Waals surface area (Å²) in [5, 5.41) is 2.63. The van der Waals surface area contributed by atoms with E-state index in [1.807, 2.05) is 31.2 Å². The monoisotopic (exact) mass is 391 g/mol. The van der Waals surface area contributed by atoms with Gasteiger partial charge in [-0.3, -0.25) is 4.79 Å². The number of carbonyl (C=O) groups excluding carboxylic acids is 1. The van der Waals surface area contributed by atoms with Crippen molar-refractivity contribution in [3.8, 4) is 0 Å². The van der Waals surface area contributed by atoms with Gasteiger partial charge in [-0.25, -0.2) is 8.42 Å². The van der Waals surface area contributed by atoms with Gasteiger partial charge < -0.3 is 5.32 Å². The fourth-order valence-corrected chi connectivity index (χ4v) is 5.11. The highest BCUT2D eigenvalue weighted by atomic mass is 79.9. The topological polar surface area (TPSA) is 63.2 Å². The third kappa shape index (κ3) is 5.30. The van der Waals surface area contributed by atoms with Crippen molar-refractivity contribution in [2.24, 2.45) is 0 Å². The van der Waals surface area contributed by atoms with Crippen LogP contribution in [0.4, 0.5) is 0 Å². The van der Waals surface area contributed by atoms with E-state index in [1.54, 1.807) is 11.8 Å². The number of hydrogen-bond acceptors (Lipinski definition) is 4. The van der Waals surface area contributed by atoms with E-state index in [4.69, 9.17) is 0 Å². The van der Waals surface area contributed by atoms with Crippen LogP contribution in [0.15, 0.2) is 28.7 Å². The van der Waals surface area contributed by atoms with Crippen molar-refractivity contribution < 1.29 is 13.2 Å². The molecule has 4 nitrogen and oxygen atoms in total. The third-order valence-corrected chi connectivity index (χ3v) is 6.81. The second-order valence-electron chi connectivity index (χ2n) is 5.19. The van der Waals surface area contributed by atoms with E-state index < -0.39 is 9.84 Å². The number of halogens is 1. The summed E-state index contributed by atoms with van der Waals surface area (Å²) in [6, 6.07) is 7.75. The largest absolute Gasteiger partial charge is 0.351 e. The molecule has 0 aromatic heterocycles. The maximum absolute atomic E-state index is 12.1. The van der Waals surface area contributed by atoms with Crippen molar-refractivity contribution in [3.63, 3.8) is 0 Å². The molecule has 2 atom stereocenters. The molecule has 1 aliphatic heterocycles. The summed E-state index contributed by atoms with van der Waals surface area (Å²) in [7, 11) is -2.95. The first-order valence-electron chi connectivity index (χ1n) is 6.72. The Kier molecular flexibility index (Phi) is 5.73. The average molecular weight is 392 g/mol. The van der Waals surface area contributed by atoms with Gasteiger partial charge in [-0.15, -0.1) is 11.8 Å². The predicted molar refractivity (Wildman–Crippen MR) is 90.1 cm³/mol. The first kappa shape index (κ1) is 16.8. The standard InChI is InChI=1S/C14H18BrNO3S2/c1-10(20-8-11-3-2-4-12(15)7-11)14(17)16-13-5-6-21(18,19)9-13/h2-4,7,10,13H,5-6,8-9H2,1H3,(H,16,17)/t10-,13-/m0/s1. The Balaban J connectivity index is 1.80. The molecule has 1 N–H and O–H groups in total. The van der Waals surface area contributed by atoms with E-state index in [2.05, 4.69) is 21.2 Å². The summed E-state index contributed by atoms with van der Waals surface area (Å²) < 4.78 is 23.8. The van der Waals surface area contributed by atoms with Crippen molar-refractivity contribution in [1.29, 1.82) is 0 Å².